The number of para-hydroxylation sites is 1. The van der Waals surface area contributed by atoms with E-state index in [0.29, 0.717) is 17.3 Å². The van der Waals surface area contributed by atoms with Gasteiger partial charge in [0.1, 0.15) is 11.6 Å². The molecule has 0 aliphatic rings. The minimum absolute atomic E-state index is 0.0338. The Labute approximate surface area is 192 Å². The van der Waals surface area contributed by atoms with E-state index in [1.54, 1.807) is 30.3 Å². The van der Waals surface area contributed by atoms with Crippen LogP contribution in [0.2, 0.25) is 5.02 Å². The minimum atomic E-state index is -0.468. The molecule has 0 bridgehead atoms. The lowest BCUT2D eigenvalue weighted by Crippen LogP contribution is -2.13. The molecule has 5 heteroatoms. The van der Waals surface area contributed by atoms with Gasteiger partial charge in [-0.1, -0.05) is 65.7 Å². The normalized spacial score (nSPS) is 11.4. The van der Waals surface area contributed by atoms with Crippen molar-refractivity contribution in [1.29, 1.82) is 5.26 Å². The summed E-state index contributed by atoms with van der Waals surface area (Å²) in [4.78, 5) is 12.8. The van der Waals surface area contributed by atoms with E-state index in [9.17, 15) is 10.1 Å². The molecule has 4 rings (SSSR count). The zero-order valence-corrected chi connectivity index (χ0v) is 18.6. The molecule has 0 aliphatic heterocycles. The molecule has 0 aliphatic carbocycles. The summed E-state index contributed by atoms with van der Waals surface area (Å²) in [6, 6.07) is 25.4. The summed E-state index contributed by atoms with van der Waals surface area (Å²) in [5.41, 5.74) is 5.91. The van der Waals surface area contributed by atoms with E-state index in [-0.39, 0.29) is 5.57 Å². The number of nitrogens with zero attached hydrogens (tertiary/aromatic N) is 2. The average molecular weight is 440 g/mol. The fourth-order valence-corrected chi connectivity index (χ4v) is 4.08. The standard InChI is InChI=1S/C27H22ClN3O/c1-18-7-5-8-20(13-18)17-31-19(2)25(24-11-3-4-12-26(24)31)14-21(16-29)27(32)30-23-10-6-9-22(28)15-23/h3-15H,17H2,1-2H3,(H,30,32)/b21-14+. The number of carbonyl (C=O) groups is 1. The van der Waals surface area contributed by atoms with Gasteiger partial charge in [0.2, 0.25) is 0 Å². The molecule has 0 atom stereocenters. The van der Waals surface area contributed by atoms with Gasteiger partial charge in [-0.25, -0.2) is 0 Å². The van der Waals surface area contributed by atoms with E-state index in [2.05, 4.69) is 53.2 Å². The number of anilines is 1. The summed E-state index contributed by atoms with van der Waals surface area (Å²) < 4.78 is 2.22. The Hall–Kier alpha value is -3.81. The van der Waals surface area contributed by atoms with E-state index in [0.717, 1.165) is 22.2 Å². The summed E-state index contributed by atoms with van der Waals surface area (Å²) in [5.74, 6) is -0.468. The first-order valence-corrected chi connectivity index (χ1v) is 10.7. The highest BCUT2D eigenvalue weighted by Crippen LogP contribution is 2.29. The van der Waals surface area contributed by atoms with E-state index in [4.69, 9.17) is 11.6 Å². The minimum Gasteiger partial charge on any atom is -0.340 e. The van der Waals surface area contributed by atoms with Crippen LogP contribution in [-0.4, -0.2) is 10.5 Å². The Bertz CT molecular complexity index is 1390. The van der Waals surface area contributed by atoms with Gasteiger partial charge in [0.25, 0.3) is 5.91 Å². The van der Waals surface area contributed by atoms with Crippen molar-refractivity contribution in [3.05, 3.63) is 106 Å². The Balaban J connectivity index is 1.74. The molecule has 1 aromatic heterocycles. The highest BCUT2D eigenvalue weighted by atomic mass is 35.5. The number of nitriles is 1. The zero-order chi connectivity index (χ0) is 22.7. The van der Waals surface area contributed by atoms with Crippen LogP contribution in [0.4, 0.5) is 5.69 Å². The first kappa shape index (κ1) is 21.4. The van der Waals surface area contributed by atoms with Crippen molar-refractivity contribution in [2.24, 2.45) is 0 Å². The Morgan fingerprint density at radius 1 is 1.06 bits per heavy atom. The summed E-state index contributed by atoms with van der Waals surface area (Å²) in [7, 11) is 0. The average Bonchev–Trinajstić information content (AvgIpc) is 3.03. The molecule has 3 aromatic carbocycles. The van der Waals surface area contributed by atoms with Gasteiger partial charge in [0, 0.05) is 39.4 Å². The Morgan fingerprint density at radius 3 is 2.59 bits per heavy atom. The van der Waals surface area contributed by atoms with Crippen LogP contribution >= 0.6 is 11.6 Å². The number of hydrogen-bond acceptors (Lipinski definition) is 2. The number of hydrogen-bond donors (Lipinski definition) is 1. The third-order valence-electron chi connectivity index (χ3n) is 5.44. The molecule has 0 radical (unpaired) electrons. The van der Waals surface area contributed by atoms with Crippen molar-refractivity contribution < 1.29 is 4.79 Å². The van der Waals surface area contributed by atoms with Gasteiger partial charge in [0.15, 0.2) is 0 Å². The van der Waals surface area contributed by atoms with Gasteiger partial charge in [-0.15, -0.1) is 0 Å². The van der Waals surface area contributed by atoms with Gasteiger partial charge in [0.05, 0.1) is 0 Å². The largest absolute Gasteiger partial charge is 0.340 e. The number of nitrogens with one attached hydrogen (secondary N) is 1. The maximum Gasteiger partial charge on any atom is 0.266 e. The van der Waals surface area contributed by atoms with E-state index >= 15 is 0 Å². The summed E-state index contributed by atoms with van der Waals surface area (Å²) in [6.45, 7) is 4.81. The predicted molar refractivity (Wildman–Crippen MR) is 131 cm³/mol. The lowest BCUT2D eigenvalue weighted by atomic mass is 10.1. The van der Waals surface area contributed by atoms with Crippen LogP contribution in [0.1, 0.15) is 22.4 Å². The van der Waals surface area contributed by atoms with E-state index in [1.165, 1.54) is 11.1 Å². The zero-order valence-electron chi connectivity index (χ0n) is 17.9. The maximum atomic E-state index is 12.8. The van der Waals surface area contributed by atoms with Crippen molar-refractivity contribution in [1.82, 2.24) is 4.57 Å². The van der Waals surface area contributed by atoms with Gasteiger partial charge < -0.3 is 9.88 Å². The van der Waals surface area contributed by atoms with Crippen molar-refractivity contribution in [2.45, 2.75) is 20.4 Å². The molecular formula is C27H22ClN3O. The smallest absolute Gasteiger partial charge is 0.266 e. The molecule has 32 heavy (non-hydrogen) atoms. The second-order valence-corrected chi connectivity index (χ2v) is 8.16. The van der Waals surface area contributed by atoms with Crippen LogP contribution in [0.15, 0.2) is 78.4 Å². The molecule has 1 N–H and O–H groups in total. The highest BCUT2D eigenvalue weighted by molar-refractivity contribution is 6.31. The number of amides is 1. The second kappa shape index (κ2) is 9.13. The number of carbonyl (C=O) groups excluding carboxylic acids is 1. The van der Waals surface area contributed by atoms with E-state index in [1.807, 2.05) is 25.1 Å². The SMILES string of the molecule is Cc1cccc(Cn2c(C)c(/C=C(\C#N)C(=O)Nc3cccc(Cl)c3)c3ccccc32)c1. The van der Waals surface area contributed by atoms with Crippen LogP contribution < -0.4 is 5.32 Å². The molecule has 4 aromatic rings. The van der Waals surface area contributed by atoms with Crippen molar-refractivity contribution >= 4 is 40.2 Å². The second-order valence-electron chi connectivity index (χ2n) is 7.73. The third kappa shape index (κ3) is 4.44. The highest BCUT2D eigenvalue weighted by Gasteiger charge is 2.16. The van der Waals surface area contributed by atoms with Crippen LogP contribution in [0.3, 0.4) is 0 Å². The summed E-state index contributed by atoms with van der Waals surface area (Å²) >= 11 is 6.00. The fraction of sp³-hybridized carbons (Fsp3) is 0.111. The fourth-order valence-electron chi connectivity index (χ4n) is 3.89. The maximum absolute atomic E-state index is 12.8. The molecule has 0 saturated carbocycles. The lowest BCUT2D eigenvalue weighted by Gasteiger charge is -2.09. The quantitative estimate of drug-likeness (QED) is 0.285. The number of rotatable bonds is 5. The lowest BCUT2D eigenvalue weighted by molar-refractivity contribution is -0.112. The molecule has 0 saturated heterocycles. The molecule has 158 valence electrons. The van der Waals surface area contributed by atoms with Crippen LogP contribution in [0.5, 0.6) is 0 Å². The number of benzene rings is 3. The molecule has 0 fully saturated rings. The molecular weight excluding hydrogens is 418 g/mol. The Kier molecular flexibility index (Phi) is 6.11. The van der Waals surface area contributed by atoms with Crippen molar-refractivity contribution in [2.75, 3.05) is 5.32 Å². The number of aromatic nitrogens is 1. The van der Waals surface area contributed by atoms with Gasteiger partial charge in [-0.2, -0.15) is 5.26 Å². The van der Waals surface area contributed by atoms with Gasteiger partial charge in [-0.3, -0.25) is 4.79 Å². The number of fused-ring (bicyclic) bond motifs is 1. The number of aryl methyl sites for hydroxylation is 1. The van der Waals surface area contributed by atoms with Gasteiger partial charge in [-0.05, 0) is 49.8 Å². The van der Waals surface area contributed by atoms with Crippen molar-refractivity contribution in [3.8, 4) is 6.07 Å². The first-order valence-electron chi connectivity index (χ1n) is 10.3. The van der Waals surface area contributed by atoms with Crippen LogP contribution in [0.25, 0.3) is 17.0 Å². The molecule has 1 amide bonds. The number of halogens is 1. The molecule has 1 heterocycles. The molecule has 4 nitrogen and oxygen atoms in total. The van der Waals surface area contributed by atoms with Crippen LogP contribution in [0, 0.1) is 25.2 Å². The molecule has 0 unspecified atom stereocenters. The first-order chi connectivity index (χ1) is 15.5. The third-order valence-corrected chi connectivity index (χ3v) is 5.67. The molecule has 0 spiro atoms. The monoisotopic (exact) mass is 439 g/mol. The topological polar surface area (TPSA) is 57.8 Å². The van der Waals surface area contributed by atoms with E-state index < -0.39 is 5.91 Å². The summed E-state index contributed by atoms with van der Waals surface area (Å²) in [6.07, 6.45) is 1.67. The predicted octanol–water partition coefficient (Wildman–Crippen LogP) is 6.51. The van der Waals surface area contributed by atoms with Crippen molar-refractivity contribution in [3.63, 3.8) is 0 Å². The summed E-state index contributed by atoms with van der Waals surface area (Å²) in [5, 5.41) is 14.0. The van der Waals surface area contributed by atoms with Crippen LogP contribution in [-0.2, 0) is 11.3 Å². The Morgan fingerprint density at radius 2 is 1.84 bits per heavy atom. The van der Waals surface area contributed by atoms with Gasteiger partial charge >= 0.3 is 0 Å².